The highest BCUT2D eigenvalue weighted by atomic mass is 35.5. The fraction of sp³-hybridized carbons (Fsp3) is 0.188. The average Bonchev–Trinajstić information content (AvgIpc) is 2.56. The number of carbonyl (C=O) groups is 1. The summed E-state index contributed by atoms with van der Waals surface area (Å²) in [6, 6.07) is 8.59. The molecule has 0 heterocycles. The quantitative estimate of drug-likeness (QED) is 0.608. The Morgan fingerprint density at radius 3 is 2.38 bits per heavy atom. The first-order valence-electron chi connectivity index (χ1n) is 7.28. The monoisotopic (exact) mass is 455 g/mol. The minimum Gasteiger partial charge on any atom is -0.481 e. The van der Waals surface area contributed by atoms with E-state index in [1.165, 1.54) is 30.3 Å². The molecule has 0 aliphatic rings. The predicted octanol–water partition coefficient (Wildman–Crippen LogP) is 5.36. The first kappa shape index (κ1) is 21.1. The van der Waals surface area contributed by atoms with Gasteiger partial charge in [-0.25, -0.2) is 8.42 Å². The molecule has 10 heteroatoms. The molecule has 2 aromatic carbocycles. The van der Waals surface area contributed by atoms with Gasteiger partial charge < -0.3 is 5.11 Å². The van der Waals surface area contributed by atoms with Gasteiger partial charge >= 0.3 is 5.97 Å². The number of hydrogen-bond donors (Lipinski definition) is 1. The molecule has 0 radical (unpaired) electrons. The van der Waals surface area contributed by atoms with Gasteiger partial charge in [-0.05, 0) is 36.8 Å². The SMILES string of the molecule is O=C(O)CCCN(c1cccc(Cl)c1Cl)S(=O)(=O)c1cc(Cl)ccc1Cl. The van der Waals surface area contributed by atoms with E-state index in [0.29, 0.717) is 0 Å². The van der Waals surface area contributed by atoms with Crippen molar-refractivity contribution in [2.75, 3.05) is 10.8 Å². The maximum atomic E-state index is 13.2. The molecule has 0 saturated carbocycles. The van der Waals surface area contributed by atoms with Crippen LogP contribution in [0.4, 0.5) is 5.69 Å². The molecule has 140 valence electrons. The Hall–Kier alpha value is -1.18. The number of hydrogen-bond acceptors (Lipinski definition) is 3. The number of benzene rings is 2. The standard InChI is InChI=1S/C16H13Cl4NO4S/c17-10-6-7-11(18)14(9-10)26(24,25)21(8-2-5-15(22)23)13-4-1-3-12(19)16(13)20/h1,3-4,6-7,9H,2,5,8H2,(H,22,23). The number of aliphatic carboxylic acids is 1. The van der Waals surface area contributed by atoms with Gasteiger partial charge in [-0.3, -0.25) is 9.10 Å². The molecule has 26 heavy (non-hydrogen) atoms. The summed E-state index contributed by atoms with van der Waals surface area (Å²) >= 11 is 24.1. The Morgan fingerprint density at radius 1 is 1.04 bits per heavy atom. The molecular weight excluding hydrogens is 444 g/mol. The summed E-state index contributed by atoms with van der Waals surface area (Å²) in [5.41, 5.74) is 0.126. The molecule has 5 nitrogen and oxygen atoms in total. The second-order valence-electron chi connectivity index (χ2n) is 5.22. The van der Waals surface area contributed by atoms with E-state index in [1.807, 2.05) is 0 Å². The number of carboxylic acid groups (broad SMARTS) is 1. The summed E-state index contributed by atoms with van der Waals surface area (Å²) in [6.45, 7) is -0.127. The first-order chi connectivity index (χ1) is 12.1. The predicted molar refractivity (Wildman–Crippen MR) is 104 cm³/mol. The van der Waals surface area contributed by atoms with Crippen molar-refractivity contribution in [1.82, 2.24) is 0 Å². The number of carboxylic acids is 1. The topological polar surface area (TPSA) is 74.7 Å². The molecule has 0 amide bonds. The Morgan fingerprint density at radius 2 is 1.73 bits per heavy atom. The molecule has 0 saturated heterocycles. The summed E-state index contributed by atoms with van der Waals surface area (Å²) < 4.78 is 27.3. The lowest BCUT2D eigenvalue weighted by Crippen LogP contribution is -2.33. The molecule has 0 aromatic heterocycles. The third kappa shape index (κ3) is 4.75. The maximum Gasteiger partial charge on any atom is 0.303 e. The minimum atomic E-state index is -4.16. The molecule has 1 N–H and O–H groups in total. The van der Waals surface area contributed by atoms with Crippen LogP contribution in [0.15, 0.2) is 41.3 Å². The summed E-state index contributed by atoms with van der Waals surface area (Å²) in [4.78, 5) is 10.6. The lowest BCUT2D eigenvalue weighted by Gasteiger charge is -2.26. The molecule has 2 rings (SSSR count). The van der Waals surface area contributed by atoms with Crippen molar-refractivity contribution in [2.45, 2.75) is 17.7 Å². The van der Waals surface area contributed by atoms with Crippen LogP contribution in [-0.4, -0.2) is 26.0 Å². The van der Waals surface area contributed by atoms with Gasteiger partial charge in [0.2, 0.25) is 0 Å². The smallest absolute Gasteiger partial charge is 0.303 e. The van der Waals surface area contributed by atoms with Crippen LogP contribution in [0.2, 0.25) is 20.1 Å². The van der Waals surface area contributed by atoms with Gasteiger partial charge in [0, 0.05) is 18.0 Å². The van der Waals surface area contributed by atoms with E-state index >= 15 is 0 Å². The molecule has 0 unspecified atom stereocenters. The zero-order valence-corrected chi connectivity index (χ0v) is 17.0. The van der Waals surface area contributed by atoms with Crippen LogP contribution in [0.1, 0.15) is 12.8 Å². The summed E-state index contributed by atoms with van der Waals surface area (Å²) in [5, 5.41) is 9.21. The van der Waals surface area contributed by atoms with Gasteiger partial charge in [-0.2, -0.15) is 0 Å². The van der Waals surface area contributed by atoms with E-state index in [1.54, 1.807) is 6.07 Å². The molecular formula is C16H13Cl4NO4S. The van der Waals surface area contributed by atoms with Gasteiger partial charge in [0.1, 0.15) is 4.90 Å². The van der Waals surface area contributed by atoms with Gasteiger partial charge in [0.25, 0.3) is 10.0 Å². The minimum absolute atomic E-state index is 0.0178. The summed E-state index contributed by atoms with van der Waals surface area (Å²) in [6.07, 6.45) is -0.150. The molecule has 0 aliphatic heterocycles. The molecule has 2 aromatic rings. The van der Waals surface area contributed by atoms with Crippen molar-refractivity contribution < 1.29 is 18.3 Å². The number of nitrogens with zero attached hydrogens (tertiary/aromatic N) is 1. The highest BCUT2D eigenvalue weighted by molar-refractivity contribution is 7.93. The molecule has 0 spiro atoms. The largest absolute Gasteiger partial charge is 0.481 e. The third-order valence-electron chi connectivity index (χ3n) is 3.41. The lowest BCUT2D eigenvalue weighted by atomic mass is 10.3. The van der Waals surface area contributed by atoms with E-state index < -0.39 is 16.0 Å². The fourth-order valence-corrected chi connectivity index (χ4v) is 4.93. The van der Waals surface area contributed by atoms with Gasteiger partial charge in [0.15, 0.2) is 0 Å². The van der Waals surface area contributed by atoms with E-state index in [2.05, 4.69) is 0 Å². The van der Waals surface area contributed by atoms with E-state index in [-0.39, 0.29) is 50.1 Å². The van der Waals surface area contributed by atoms with E-state index in [0.717, 1.165) is 4.31 Å². The second-order valence-corrected chi connectivity index (χ2v) is 8.68. The van der Waals surface area contributed by atoms with Crippen molar-refractivity contribution >= 4 is 68.1 Å². The van der Waals surface area contributed by atoms with Crippen molar-refractivity contribution in [2.24, 2.45) is 0 Å². The molecule has 0 bridgehead atoms. The number of sulfonamides is 1. The second kappa shape index (κ2) is 8.67. The van der Waals surface area contributed by atoms with E-state index in [4.69, 9.17) is 51.5 Å². The zero-order valence-electron chi connectivity index (χ0n) is 13.1. The average molecular weight is 457 g/mol. The lowest BCUT2D eigenvalue weighted by molar-refractivity contribution is -0.137. The number of halogens is 4. The van der Waals surface area contributed by atoms with Crippen LogP contribution in [0, 0.1) is 0 Å². The Bertz CT molecular complexity index is 934. The Balaban J connectivity index is 2.56. The van der Waals surface area contributed by atoms with Crippen molar-refractivity contribution in [3.63, 3.8) is 0 Å². The molecule has 0 aliphatic carbocycles. The first-order valence-corrected chi connectivity index (χ1v) is 10.2. The summed E-state index contributed by atoms with van der Waals surface area (Å²) in [5.74, 6) is -1.04. The number of rotatable bonds is 7. The van der Waals surface area contributed by atoms with Gasteiger partial charge in [-0.1, -0.05) is 52.5 Å². The fourth-order valence-electron chi connectivity index (χ4n) is 2.22. The highest BCUT2D eigenvalue weighted by Crippen LogP contribution is 2.37. The number of anilines is 1. The Kier molecular flexibility index (Phi) is 7.05. The van der Waals surface area contributed by atoms with Crippen molar-refractivity contribution in [3.05, 3.63) is 56.5 Å². The van der Waals surface area contributed by atoms with Crippen LogP contribution in [0.5, 0.6) is 0 Å². The maximum absolute atomic E-state index is 13.2. The summed E-state index contributed by atoms with van der Waals surface area (Å²) in [7, 11) is -4.16. The normalized spacial score (nSPS) is 11.4. The van der Waals surface area contributed by atoms with E-state index in [9.17, 15) is 13.2 Å². The third-order valence-corrected chi connectivity index (χ3v) is 6.75. The molecule has 0 atom stereocenters. The Labute approximate surface area is 171 Å². The van der Waals surface area contributed by atoms with Crippen LogP contribution < -0.4 is 4.31 Å². The van der Waals surface area contributed by atoms with Gasteiger partial charge in [-0.15, -0.1) is 0 Å². The van der Waals surface area contributed by atoms with Crippen LogP contribution in [0.25, 0.3) is 0 Å². The van der Waals surface area contributed by atoms with Crippen LogP contribution in [-0.2, 0) is 14.8 Å². The van der Waals surface area contributed by atoms with Gasteiger partial charge in [0.05, 0.1) is 20.8 Å². The molecule has 0 fully saturated rings. The van der Waals surface area contributed by atoms with Crippen LogP contribution >= 0.6 is 46.4 Å². The van der Waals surface area contributed by atoms with Crippen LogP contribution in [0.3, 0.4) is 0 Å². The highest BCUT2D eigenvalue weighted by Gasteiger charge is 2.29. The van der Waals surface area contributed by atoms with Crippen molar-refractivity contribution in [1.29, 1.82) is 0 Å². The zero-order chi connectivity index (χ0) is 19.5. The van der Waals surface area contributed by atoms with Crippen molar-refractivity contribution in [3.8, 4) is 0 Å².